The maximum Gasteiger partial charge on any atom is 0.410 e. The van der Waals surface area contributed by atoms with Gasteiger partial charge in [-0.3, -0.25) is 4.57 Å². The van der Waals surface area contributed by atoms with Crippen molar-refractivity contribution in [2.24, 2.45) is 0 Å². The van der Waals surface area contributed by atoms with Gasteiger partial charge in [0.1, 0.15) is 5.60 Å². The highest BCUT2D eigenvalue weighted by Gasteiger charge is 2.29. The molecule has 124 valence electrons. The predicted octanol–water partition coefficient (Wildman–Crippen LogP) is 2.90. The Hall–Kier alpha value is -2.24. The van der Waals surface area contributed by atoms with Crippen molar-refractivity contribution < 1.29 is 9.53 Å². The summed E-state index contributed by atoms with van der Waals surface area (Å²) in [5.74, 6) is 0. The molecule has 0 unspecified atom stereocenters. The molecule has 1 aromatic carbocycles. The number of piperidine rings is 1. The fraction of sp³-hybridized carbons (Fsp3) is 0.529. The first-order valence-electron chi connectivity index (χ1n) is 8.02. The van der Waals surface area contributed by atoms with Gasteiger partial charge in [0, 0.05) is 13.1 Å². The number of amides is 1. The number of imidazole rings is 1. The summed E-state index contributed by atoms with van der Waals surface area (Å²) in [5.41, 5.74) is 1.07. The number of ether oxygens (including phenoxy) is 1. The van der Waals surface area contributed by atoms with Crippen molar-refractivity contribution >= 4 is 17.1 Å². The van der Waals surface area contributed by atoms with Gasteiger partial charge < -0.3 is 14.6 Å². The van der Waals surface area contributed by atoms with Crippen LogP contribution in [0.25, 0.3) is 11.0 Å². The first-order valence-corrected chi connectivity index (χ1v) is 8.02. The minimum absolute atomic E-state index is 0.0279. The van der Waals surface area contributed by atoms with Gasteiger partial charge in [-0.2, -0.15) is 0 Å². The van der Waals surface area contributed by atoms with Crippen LogP contribution in [-0.4, -0.2) is 39.2 Å². The number of fused-ring (bicyclic) bond motifs is 1. The van der Waals surface area contributed by atoms with Gasteiger partial charge in [-0.1, -0.05) is 12.1 Å². The average Bonchev–Trinajstić information content (AvgIpc) is 2.81. The Morgan fingerprint density at radius 1 is 1.30 bits per heavy atom. The lowest BCUT2D eigenvalue weighted by Gasteiger charge is -2.34. The number of H-pyrrole nitrogens is 1. The minimum Gasteiger partial charge on any atom is -0.444 e. The van der Waals surface area contributed by atoms with Gasteiger partial charge in [-0.15, -0.1) is 0 Å². The van der Waals surface area contributed by atoms with Gasteiger partial charge in [0.15, 0.2) is 0 Å². The third-order valence-electron chi connectivity index (χ3n) is 4.04. The number of aromatic amines is 1. The molecule has 0 spiro atoms. The molecule has 6 heteroatoms. The number of hydrogen-bond donors (Lipinski definition) is 1. The third-order valence-corrected chi connectivity index (χ3v) is 4.04. The molecule has 1 atom stereocenters. The summed E-state index contributed by atoms with van der Waals surface area (Å²) in [6.07, 6.45) is 1.42. The van der Waals surface area contributed by atoms with E-state index in [9.17, 15) is 9.59 Å². The predicted molar refractivity (Wildman–Crippen MR) is 88.6 cm³/mol. The lowest BCUT2D eigenvalue weighted by molar-refractivity contribution is 0.0173. The molecule has 3 rings (SSSR count). The molecule has 1 aliphatic heterocycles. The SMILES string of the molecule is CC(C)(C)OC(=O)N1CCC[C@@H](n2c(=O)[nH]c3ccccc32)C1. The normalized spacial score (nSPS) is 19.1. The molecule has 0 bridgehead atoms. The van der Waals surface area contributed by atoms with Crippen LogP contribution in [0.5, 0.6) is 0 Å². The van der Waals surface area contributed by atoms with Gasteiger partial charge in [-0.05, 0) is 45.7 Å². The van der Waals surface area contributed by atoms with Gasteiger partial charge in [0.05, 0.1) is 17.1 Å². The van der Waals surface area contributed by atoms with Gasteiger partial charge in [0.25, 0.3) is 0 Å². The van der Waals surface area contributed by atoms with E-state index in [0.717, 1.165) is 23.9 Å². The first kappa shape index (κ1) is 15.6. The van der Waals surface area contributed by atoms with Crippen LogP contribution in [0.4, 0.5) is 4.79 Å². The first-order chi connectivity index (χ1) is 10.8. The quantitative estimate of drug-likeness (QED) is 0.879. The second-order valence-electron chi connectivity index (χ2n) is 7.04. The summed E-state index contributed by atoms with van der Waals surface area (Å²) in [6, 6.07) is 7.61. The van der Waals surface area contributed by atoms with Crippen molar-refractivity contribution in [2.75, 3.05) is 13.1 Å². The Bertz CT molecular complexity index is 769. The molecule has 1 fully saturated rings. The van der Waals surface area contributed by atoms with E-state index >= 15 is 0 Å². The lowest BCUT2D eigenvalue weighted by Crippen LogP contribution is -2.44. The molecular weight excluding hydrogens is 294 g/mol. The zero-order valence-corrected chi connectivity index (χ0v) is 13.8. The number of carbonyl (C=O) groups is 1. The molecule has 0 saturated carbocycles. The minimum atomic E-state index is -0.512. The van der Waals surface area contributed by atoms with Crippen LogP contribution in [0, 0.1) is 0 Å². The van der Waals surface area contributed by atoms with E-state index in [-0.39, 0.29) is 17.8 Å². The highest BCUT2D eigenvalue weighted by Crippen LogP contribution is 2.25. The van der Waals surface area contributed by atoms with Crippen molar-refractivity contribution in [2.45, 2.75) is 45.3 Å². The number of nitrogens with one attached hydrogen (secondary N) is 1. The molecule has 2 heterocycles. The van der Waals surface area contributed by atoms with E-state index in [1.54, 1.807) is 9.47 Å². The Morgan fingerprint density at radius 3 is 2.78 bits per heavy atom. The summed E-state index contributed by atoms with van der Waals surface area (Å²) in [6.45, 7) is 6.74. The zero-order valence-electron chi connectivity index (χ0n) is 13.8. The second kappa shape index (κ2) is 5.76. The molecule has 6 nitrogen and oxygen atoms in total. The molecule has 1 aliphatic rings. The van der Waals surface area contributed by atoms with Crippen LogP contribution in [0.2, 0.25) is 0 Å². The number of rotatable bonds is 1. The van der Waals surface area contributed by atoms with E-state index in [2.05, 4.69) is 4.98 Å². The second-order valence-corrected chi connectivity index (χ2v) is 7.04. The van der Waals surface area contributed by atoms with Crippen LogP contribution in [0.1, 0.15) is 39.7 Å². The highest BCUT2D eigenvalue weighted by atomic mass is 16.6. The van der Waals surface area contributed by atoms with Crippen molar-refractivity contribution in [3.8, 4) is 0 Å². The topological polar surface area (TPSA) is 67.3 Å². The lowest BCUT2D eigenvalue weighted by atomic mass is 10.1. The number of likely N-dealkylation sites (tertiary alicyclic amines) is 1. The standard InChI is InChI=1S/C17H23N3O3/c1-17(2,3)23-16(22)19-10-6-7-12(11-19)20-14-9-5-4-8-13(14)18-15(20)21/h4-5,8-9,12H,6-7,10-11H2,1-3H3,(H,18,21)/t12-/m1/s1. The van der Waals surface area contributed by atoms with E-state index in [1.807, 2.05) is 45.0 Å². The Morgan fingerprint density at radius 2 is 2.04 bits per heavy atom. The molecule has 1 amide bonds. The molecule has 1 saturated heterocycles. The average molecular weight is 317 g/mol. The maximum atomic E-state index is 12.3. The molecule has 23 heavy (non-hydrogen) atoms. The van der Waals surface area contributed by atoms with E-state index in [1.165, 1.54) is 0 Å². The third kappa shape index (κ3) is 3.25. The van der Waals surface area contributed by atoms with Crippen LogP contribution in [-0.2, 0) is 4.74 Å². The monoisotopic (exact) mass is 317 g/mol. The summed E-state index contributed by atoms with van der Waals surface area (Å²) >= 11 is 0. The van der Waals surface area contributed by atoms with Crippen LogP contribution in [0.15, 0.2) is 29.1 Å². The van der Waals surface area contributed by atoms with Crippen molar-refractivity contribution in [3.63, 3.8) is 0 Å². The summed E-state index contributed by atoms with van der Waals surface area (Å²) in [5, 5.41) is 0. The molecule has 1 N–H and O–H groups in total. The van der Waals surface area contributed by atoms with Crippen LogP contribution >= 0.6 is 0 Å². The molecule has 0 aliphatic carbocycles. The van der Waals surface area contributed by atoms with Crippen molar-refractivity contribution in [1.82, 2.24) is 14.5 Å². The Kier molecular flexibility index (Phi) is 3.92. The fourth-order valence-electron chi connectivity index (χ4n) is 3.09. The smallest absolute Gasteiger partial charge is 0.410 e. The van der Waals surface area contributed by atoms with Crippen LogP contribution in [0.3, 0.4) is 0 Å². The van der Waals surface area contributed by atoms with Crippen LogP contribution < -0.4 is 5.69 Å². The Balaban J connectivity index is 1.85. The molecule has 2 aromatic rings. The maximum absolute atomic E-state index is 12.3. The van der Waals surface area contributed by atoms with Crippen molar-refractivity contribution in [1.29, 1.82) is 0 Å². The summed E-state index contributed by atoms with van der Waals surface area (Å²) < 4.78 is 7.22. The number of aromatic nitrogens is 2. The van der Waals surface area contributed by atoms with Gasteiger partial charge in [0.2, 0.25) is 0 Å². The Labute approximate surface area is 135 Å². The van der Waals surface area contributed by atoms with Gasteiger partial charge in [-0.25, -0.2) is 9.59 Å². The van der Waals surface area contributed by atoms with E-state index in [0.29, 0.717) is 13.1 Å². The summed E-state index contributed by atoms with van der Waals surface area (Å²) in [4.78, 5) is 29.2. The largest absolute Gasteiger partial charge is 0.444 e. The van der Waals surface area contributed by atoms with Crippen molar-refractivity contribution in [3.05, 3.63) is 34.7 Å². The number of para-hydroxylation sites is 2. The molecule has 0 radical (unpaired) electrons. The number of nitrogens with zero attached hydrogens (tertiary/aromatic N) is 2. The van der Waals surface area contributed by atoms with E-state index in [4.69, 9.17) is 4.74 Å². The van der Waals surface area contributed by atoms with E-state index < -0.39 is 5.60 Å². The van der Waals surface area contributed by atoms with Gasteiger partial charge >= 0.3 is 11.8 Å². The number of hydrogen-bond acceptors (Lipinski definition) is 3. The molecule has 1 aromatic heterocycles. The molecular formula is C17H23N3O3. The number of carbonyl (C=O) groups excluding carboxylic acids is 1. The highest BCUT2D eigenvalue weighted by molar-refractivity contribution is 5.75. The summed E-state index contributed by atoms with van der Waals surface area (Å²) in [7, 11) is 0. The fourth-order valence-corrected chi connectivity index (χ4v) is 3.09. The number of benzene rings is 1. The zero-order chi connectivity index (χ0) is 16.6.